The van der Waals surface area contributed by atoms with Gasteiger partial charge in [-0.05, 0) is 26.8 Å². The van der Waals surface area contributed by atoms with Crippen molar-refractivity contribution in [1.82, 2.24) is 4.98 Å². The van der Waals surface area contributed by atoms with Crippen LogP contribution in [-0.2, 0) is 9.53 Å². The molecule has 5 nitrogen and oxygen atoms in total. The molecule has 1 rings (SSSR count). The Morgan fingerprint density at radius 3 is 2.63 bits per heavy atom. The summed E-state index contributed by atoms with van der Waals surface area (Å²) >= 11 is 6.80. The number of aromatic carboxylic acids is 1. The number of hydrogen-bond donors (Lipinski definition) is 1. The van der Waals surface area contributed by atoms with E-state index in [0.717, 1.165) is 11.8 Å². The summed E-state index contributed by atoms with van der Waals surface area (Å²) in [5, 5.41) is 9.38. The van der Waals surface area contributed by atoms with Gasteiger partial charge in [-0.15, -0.1) is 0 Å². The van der Waals surface area contributed by atoms with Gasteiger partial charge in [-0.3, -0.25) is 4.79 Å². The van der Waals surface area contributed by atoms with Gasteiger partial charge in [0.05, 0.1) is 21.4 Å². The molecule has 0 spiro atoms. The number of hydrogen-bond acceptors (Lipinski definition) is 5. The molecule has 0 aliphatic heterocycles. The van der Waals surface area contributed by atoms with Crippen molar-refractivity contribution in [3.63, 3.8) is 0 Å². The van der Waals surface area contributed by atoms with Crippen molar-refractivity contribution >= 4 is 35.3 Å². The number of carbonyl (C=O) groups excluding carboxylic acids is 1. The molecule has 0 aromatic carbocycles. The zero-order chi connectivity index (χ0) is 14.6. The third kappa shape index (κ3) is 5.48. The summed E-state index contributed by atoms with van der Waals surface area (Å²) in [4.78, 5) is 26.3. The summed E-state index contributed by atoms with van der Waals surface area (Å²) in [6, 6.07) is 1.33. The van der Waals surface area contributed by atoms with Crippen LogP contribution in [0.5, 0.6) is 0 Å². The molecule has 0 bridgehead atoms. The largest absolute Gasteiger partial charge is 0.478 e. The van der Waals surface area contributed by atoms with Crippen molar-refractivity contribution in [2.75, 3.05) is 5.75 Å². The van der Waals surface area contributed by atoms with E-state index in [4.69, 9.17) is 21.4 Å². The average Bonchev–Trinajstić information content (AvgIpc) is 2.25. The first-order chi connectivity index (χ1) is 8.69. The molecule has 0 aliphatic carbocycles. The van der Waals surface area contributed by atoms with Crippen LogP contribution in [0.25, 0.3) is 0 Å². The van der Waals surface area contributed by atoms with Gasteiger partial charge in [0.15, 0.2) is 0 Å². The van der Waals surface area contributed by atoms with Crippen LogP contribution in [0, 0.1) is 0 Å². The fourth-order valence-electron chi connectivity index (χ4n) is 1.17. The number of carbonyl (C=O) groups is 2. The van der Waals surface area contributed by atoms with Crippen molar-refractivity contribution in [2.24, 2.45) is 0 Å². The molecule has 104 valence electrons. The minimum atomic E-state index is -1.13. The maximum absolute atomic E-state index is 11.5. The highest BCUT2D eigenvalue weighted by atomic mass is 35.5. The minimum absolute atomic E-state index is 0.0386. The van der Waals surface area contributed by atoms with Gasteiger partial charge in [-0.1, -0.05) is 23.4 Å². The first kappa shape index (κ1) is 15.8. The van der Waals surface area contributed by atoms with Crippen molar-refractivity contribution in [3.8, 4) is 0 Å². The maximum Gasteiger partial charge on any atom is 0.337 e. The molecule has 0 radical (unpaired) electrons. The number of carboxylic acid groups (broad SMARTS) is 1. The Kier molecular flexibility index (Phi) is 5.20. The van der Waals surface area contributed by atoms with Crippen molar-refractivity contribution in [2.45, 2.75) is 31.4 Å². The number of halogens is 1. The zero-order valence-corrected chi connectivity index (χ0v) is 12.3. The predicted molar refractivity (Wildman–Crippen MR) is 72.8 cm³/mol. The van der Waals surface area contributed by atoms with Crippen molar-refractivity contribution in [3.05, 3.63) is 22.8 Å². The molecular formula is C12H14ClNO4S. The first-order valence-electron chi connectivity index (χ1n) is 5.42. The smallest absolute Gasteiger partial charge is 0.337 e. The molecule has 0 aliphatic rings. The molecule has 7 heteroatoms. The number of pyridine rings is 1. The van der Waals surface area contributed by atoms with Gasteiger partial charge in [-0.25, -0.2) is 9.78 Å². The van der Waals surface area contributed by atoms with Crippen LogP contribution in [0.2, 0.25) is 5.02 Å². The lowest BCUT2D eigenvalue weighted by atomic mass is 10.2. The lowest BCUT2D eigenvalue weighted by molar-refractivity contribution is -0.151. The van der Waals surface area contributed by atoms with Crippen LogP contribution in [0.3, 0.4) is 0 Å². The fraction of sp³-hybridized carbons (Fsp3) is 0.417. The highest BCUT2D eigenvalue weighted by Gasteiger charge is 2.17. The number of esters is 1. The lowest BCUT2D eigenvalue weighted by Gasteiger charge is -2.19. The van der Waals surface area contributed by atoms with Crippen LogP contribution in [0.4, 0.5) is 0 Å². The molecule has 1 aromatic rings. The highest BCUT2D eigenvalue weighted by molar-refractivity contribution is 7.99. The summed E-state index contributed by atoms with van der Waals surface area (Å²) in [6.45, 7) is 5.33. The fourth-order valence-corrected chi connectivity index (χ4v) is 2.00. The predicted octanol–water partition coefficient (Wildman–Crippen LogP) is 2.87. The van der Waals surface area contributed by atoms with E-state index in [9.17, 15) is 9.59 Å². The summed E-state index contributed by atoms with van der Waals surface area (Å²) in [7, 11) is 0. The van der Waals surface area contributed by atoms with Gasteiger partial charge in [0.2, 0.25) is 0 Å². The monoisotopic (exact) mass is 303 g/mol. The van der Waals surface area contributed by atoms with E-state index in [2.05, 4.69) is 4.98 Å². The third-order valence-electron chi connectivity index (χ3n) is 1.82. The quantitative estimate of drug-likeness (QED) is 0.681. The van der Waals surface area contributed by atoms with Gasteiger partial charge in [0.1, 0.15) is 5.60 Å². The highest BCUT2D eigenvalue weighted by Crippen LogP contribution is 2.22. The first-order valence-corrected chi connectivity index (χ1v) is 6.79. The van der Waals surface area contributed by atoms with Gasteiger partial charge in [0, 0.05) is 6.20 Å². The molecule has 19 heavy (non-hydrogen) atoms. The van der Waals surface area contributed by atoms with Gasteiger partial charge >= 0.3 is 11.9 Å². The number of nitrogens with zero attached hydrogens (tertiary/aromatic N) is 1. The number of ether oxygens (including phenoxy) is 1. The Hall–Kier alpha value is -1.27. The molecule has 0 unspecified atom stereocenters. The molecular weight excluding hydrogens is 290 g/mol. The molecule has 0 amide bonds. The van der Waals surface area contributed by atoms with Crippen LogP contribution in [0.1, 0.15) is 31.1 Å². The summed E-state index contributed by atoms with van der Waals surface area (Å²) in [5.41, 5.74) is -0.583. The molecule has 0 atom stereocenters. The van der Waals surface area contributed by atoms with Crippen LogP contribution in [0.15, 0.2) is 17.3 Å². The maximum atomic E-state index is 11.5. The van der Waals surface area contributed by atoms with E-state index in [1.807, 2.05) is 0 Å². The second-order valence-electron chi connectivity index (χ2n) is 4.68. The van der Waals surface area contributed by atoms with Gasteiger partial charge in [-0.2, -0.15) is 0 Å². The average molecular weight is 304 g/mol. The molecule has 0 saturated carbocycles. The lowest BCUT2D eigenvalue weighted by Crippen LogP contribution is -2.24. The second kappa shape index (κ2) is 6.25. The molecule has 1 N–H and O–H groups in total. The third-order valence-corrected chi connectivity index (χ3v) is 3.02. The SMILES string of the molecule is CC(C)(C)OC(=O)CSc1cc(C(=O)O)c(Cl)cn1. The number of carboxylic acids is 1. The van der Waals surface area contributed by atoms with Gasteiger partial charge in [0.25, 0.3) is 0 Å². The van der Waals surface area contributed by atoms with Gasteiger partial charge < -0.3 is 9.84 Å². The summed E-state index contributed by atoms with van der Waals surface area (Å²) in [5.74, 6) is -1.46. The van der Waals surface area contributed by atoms with E-state index in [0.29, 0.717) is 5.03 Å². The number of rotatable bonds is 4. The molecule has 0 saturated heterocycles. The van der Waals surface area contributed by atoms with Crippen LogP contribution < -0.4 is 0 Å². The molecule has 1 aromatic heterocycles. The Bertz CT molecular complexity index is 499. The van der Waals surface area contributed by atoms with E-state index in [1.54, 1.807) is 20.8 Å². The Morgan fingerprint density at radius 1 is 1.47 bits per heavy atom. The standard InChI is InChI=1S/C12H14ClNO4S/c1-12(2,3)18-10(15)6-19-9-4-7(11(16)17)8(13)5-14-9/h4-5H,6H2,1-3H3,(H,16,17). The Morgan fingerprint density at radius 2 is 2.11 bits per heavy atom. The van der Waals surface area contributed by atoms with Crippen molar-refractivity contribution < 1.29 is 19.4 Å². The summed E-state index contributed by atoms with van der Waals surface area (Å²) in [6.07, 6.45) is 1.25. The minimum Gasteiger partial charge on any atom is -0.478 e. The van der Waals surface area contributed by atoms with E-state index in [-0.39, 0.29) is 22.3 Å². The second-order valence-corrected chi connectivity index (χ2v) is 6.09. The van der Waals surface area contributed by atoms with E-state index >= 15 is 0 Å². The summed E-state index contributed by atoms with van der Waals surface area (Å²) < 4.78 is 5.13. The van der Waals surface area contributed by atoms with Crippen molar-refractivity contribution in [1.29, 1.82) is 0 Å². The van der Waals surface area contributed by atoms with E-state index in [1.165, 1.54) is 12.3 Å². The number of thioether (sulfide) groups is 1. The Labute approximate surface area is 120 Å². The topological polar surface area (TPSA) is 76.5 Å². The van der Waals surface area contributed by atoms with Crippen LogP contribution >= 0.6 is 23.4 Å². The van der Waals surface area contributed by atoms with Crippen LogP contribution in [-0.4, -0.2) is 33.4 Å². The zero-order valence-electron chi connectivity index (χ0n) is 10.8. The molecule has 0 fully saturated rings. The Balaban J connectivity index is 2.66. The molecule has 1 heterocycles. The number of aromatic nitrogens is 1. The van der Waals surface area contributed by atoms with E-state index < -0.39 is 11.6 Å². The normalized spacial score (nSPS) is 11.2.